The number of nitrogens with one attached hydrogen (secondary N) is 1. The summed E-state index contributed by atoms with van der Waals surface area (Å²) in [5.74, 6) is -1.82. The van der Waals surface area contributed by atoms with E-state index in [1.165, 1.54) is 6.07 Å². The van der Waals surface area contributed by atoms with Gasteiger partial charge in [-0.05, 0) is 51.1 Å². The fourth-order valence-electron chi connectivity index (χ4n) is 2.53. The number of halogens is 2. The molecule has 0 radical (unpaired) electrons. The van der Waals surface area contributed by atoms with Crippen LogP contribution in [0, 0.1) is 25.5 Å². The molecule has 140 valence electrons. The first-order chi connectivity index (χ1) is 12.8. The number of aromatic nitrogens is 2. The number of carbonyl (C=O) groups is 1. The van der Waals surface area contributed by atoms with Crippen molar-refractivity contribution >= 4 is 16.9 Å². The van der Waals surface area contributed by atoms with E-state index in [1.54, 1.807) is 25.1 Å². The Morgan fingerprint density at radius 2 is 1.78 bits per heavy atom. The molecule has 0 aliphatic carbocycles. The molecule has 0 unspecified atom stereocenters. The zero-order chi connectivity index (χ0) is 19.6. The zero-order valence-corrected chi connectivity index (χ0v) is 15.2. The van der Waals surface area contributed by atoms with Crippen LogP contribution in [0.15, 0.2) is 36.4 Å². The van der Waals surface area contributed by atoms with Crippen molar-refractivity contribution < 1.29 is 18.3 Å². The second-order valence-electron chi connectivity index (χ2n) is 6.36. The highest BCUT2D eigenvalue weighted by atomic mass is 19.1. The van der Waals surface area contributed by atoms with Gasteiger partial charge in [0, 0.05) is 11.6 Å². The standard InChI is InChI=1S/C20H19F2N3O2/c1-11(10-27-19-7-5-15(21)9-16(19)22)23-20(26)14-4-6-17-18(8-14)25-13(3)12(2)24-17/h4-9,11H,10H2,1-3H3,(H,23,26)/t11-/m0/s1. The highest BCUT2D eigenvalue weighted by molar-refractivity contribution is 5.97. The Hall–Kier alpha value is -3.09. The van der Waals surface area contributed by atoms with E-state index in [-0.39, 0.29) is 24.3 Å². The maximum absolute atomic E-state index is 13.6. The quantitative estimate of drug-likeness (QED) is 0.742. The van der Waals surface area contributed by atoms with Gasteiger partial charge in [0.2, 0.25) is 0 Å². The number of rotatable bonds is 5. The van der Waals surface area contributed by atoms with Gasteiger partial charge in [-0.3, -0.25) is 4.79 Å². The molecule has 1 aromatic heterocycles. The largest absolute Gasteiger partial charge is 0.488 e. The van der Waals surface area contributed by atoms with Crippen LogP contribution in [0.3, 0.4) is 0 Å². The monoisotopic (exact) mass is 371 g/mol. The molecular formula is C20H19F2N3O2. The summed E-state index contributed by atoms with van der Waals surface area (Å²) in [6.07, 6.45) is 0. The predicted molar refractivity (Wildman–Crippen MR) is 97.8 cm³/mol. The molecule has 2 aromatic carbocycles. The average Bonchev–Trinajstić information content (AvgIpc) is 2.61. The van der Waals surface area contributed by atoms with Crippen molar-refractivity contribution in [2.24, 2.45) is 0 Å². The summed E-state index contributed by atoms with van der Waals surface area (Å²) >= 11 is 0. The van der Waals surface area contributed by atoms with Crippen molar-refractivity contribution in [3.8, 4) is 5.75 Å². The second-order valence-corrected chi connectivity index (χ2v) is 6.36. The van der Waals surface area contributed by atoms with Gasteiger partial charge in [0.05, 0.1) is 28.5 Å². The van der Waals surface area contributed by atoms with Gasteiger partial charge in [0.15, 0.2) is 11.6 Å². The molecule has 5 nitrogen and oxygen atoms in total. The number of benzene rings is 2. The van der Waals surface area contributed by atoms with Crippen LogP contribution in [0.5, 0.6) is 5.75 Å². The lowest BCUT2D eigenvalue weighted by atomic mass is 10.1. The van der Waals surface area contributed by atoms with Crippen molar-refractivity contribution in [3.63, 3.8) is 0 Å². The number of hydrogen-bond donors (Lipinski definition) is 1. The minimum atomic E-state index is -0.785. The lowest BCUT2D eigenvalue weighted by Gasteiger charge is -2.15. The molecule has 3 aromatic rings. The third-order valence-electron chi connectivity index (χ3n) is 4.10. The first-order valence-corrected chi connectivity index (χ1v) is 8.47. The Balaban J connectivity index is 1.65. The molecule has 27 heavy (non-hydrogen) atoms. The van der Waals surface area contributed by atoms with E-state index in [1.807, 2.05) is 13.8 Å². The van der Waals surface area contributed by atoms with Gasteiger partial charge >= 0.3 is 0 Å². The molecule has 0 aliphatic rings. The summed E-state index contributed by atoms with van der Waals surface area (Å²) in [5.41, 5.74) is 3.46. The molecule has 1 heterocycles. The van der Waals surface area contributed by atoms with Gasteiger partial charge in [0.1, 0.15) is 12.4 Å². The SMILES string of the molecule is Cc1nc2ccc(C(=O)N[C@@H](C)COc3ccc(F)cc3F)cc2nc1C. The van der Waals surface area contributed by atoms with Gasteiger partial charge < -0.3 is 10.1 Å². The van der Waals surface area contributed by atoms with Crippen molar-refractivity contribution in [2.45, 2.75) is 26.8 Å². The number of ether oxygens (including phenoxy) is 1. The Bertz CT molecular complexity index is 1010. The van der Waals surface area contributed by atoms with Crippen LogP contribution >= 0.6 is 0 Å². The van der Waals surface area contributed by atoms with E-state index in [9.17, 15) is 13.6 Å². The van der Waals surface area contributed by atoms with E-state index in [0.717, 1.165) is 29.0 Å². The van der Waals surface area contributed by atoms with E-state index in [4.69, 9.17) is 4.74 Å². The highest BCUT2D eigenvalue weighted by Crippen LogP contribution is 2.18. The Labute approximate surface area is 155 Å². The van der Waals surface area contributed by atoms with Crippen LogP contribution in [0.4, 0.5) is 8.78 Å². The molecule has 1 atom stereocenters. The molecule has 1 amide bonds. The number of hydrogen-bond acceptors (Lipinski definition) is 4. The summed E-state index contributed by atoms with van der Waals surface area (Å²) in [6.45, 7) is 5.52. The minimum absolute atomic E-state index is 0.0416. The van der Waals surface area contributed by atoms with Crippen LogP contribution < -0.4 is 10.1 Å². The highest BCUT2D eigenvalue weighted by Gasteiger charge is 2.13. The average molecular weight is 371 g/mol. The number of carbonyl (C=O) groups excluding carboxylic acids is 1. The molecular weight excluding hydrogens is 352 g/mol. The molecule has 0 fully saturated rings. The summed E-state index contributed by atoms with van der Waals surface area (Å²) in [5, 5.41) is 2.78. The Morgan fingerprint density at radius 3 is 2.48 bits per heavy atom. The number of amides is 1. The normalized spacial score (nSPS) is 12.0. The minimum Gasteiger partial charge on any atom is -0.488 e. The summed E-state index contributed by atoms with van der Waals surface area (Å²) in [4.78, 5) is 21.3. The molecule has 1 N–H and O–H groups in total. The lowest BCUT2D eigenvalue weighted by Crippen LogP contribution is -2.36. The topological polar surface area (TPSA) is 64.1 Å². The zero-order valence-electron chi connectivity index (χ0n) is 15.2. The van der Waals surface area contributed by atoms with Gasteiger partial charge in [-0.15, -0.1) is 0 Å². The number of aryl methyl sites for hydroxylation is 2. The Kier molecular flexibility index (Phi) is 5.30. The molecule has 7 heteroatoms. The van der Waals surface area contributed by atoms with Crippen LogP contribution in [0.1, 0.15) is 28.7 Å². The number of nitrogens with zero attached hydrogens (tertiary/aromatic N) is 2. The first kappa shape index (κ1) is 18.7. The third-order valence-corrected chi connectivity index (χ3v) is 4.10. The van der Waals surface area contributed by atoms with Crippen LogP contribution in [0.2, 0.25) is 0 Å². The third kappa shape index (κ3) is 4.36. The Morgan fingerprint density at radius 1 is 1.07 bits per heavy atom. The fraction of sp³-hybridized carbons (Fsp3) is 0.250. The van der Waals surface area contributed by atoms with Crippen LogP contribution in [0.25, 0.3) is 11.0 Å². The molecule has 0 bridgehead atoms. The smallest absolute Gasteiger partial charge is 0.251 e. The van der Waals surface area contributed by atoms with Gasteiger partial charge in [0.25, 0.3) is 5.91 Å². The lowest BCUT2D eigenvalue weighted by molar-refractivity contribution is 0.0926. The van der Waals surface area contributed by atoms with Crippen molar-refractivity contribution in [1.29, 1.82) is 0 Å². The van der Waals surface area contributed by atoms with Crippen LogP contribution in [-0.4, -0.2) is 28.5 Å². The first-order valence-electron chi connectivity index (χ1n) is 8.47. The molecule has 0 saturated carbocycles. The van der Waals surface area contributed by atoms with Gasteiger partial charge in [-0.1, -0.05) is 0 Å². The van der Waals surface area contributed by atoms with E-state index in [0.29, 0.717) is 11.1 Å². The fourth-order valence-corrected chi connectivity index (χ4v) is 2.53. The maximum atomic E-state index is 13.6. The summed E-state index contributed by atoms with van der Waals surface area (Å²) in [6, 6.07) is 7.79. The molecule has 3 rings (SSSR count). The molecule has 0 aliphatic heterocycles. The maximum Gasteiger partial charge on any atom is 0.251 e. The summed E-state index contributed by atoms with van der Waals surface area (Å²) < 4.78 is 31.8. The van der Waals surface area contributed by atoms with E-state index >= 15 is 0 Å². The van der Waals surface area contributed by atoms with Crippen molar-refractivity contribution in [1.82, 2.24) is 15.3 Å². The van der Waals surface area contributed by atoms with Crippen molar-refractivity contribution in [3.05, 3.63) is 65.0 Å². The van der Waals surface area contributed by atoms with Crippen molar-refractivity contribution in [2.75, 3.05) is 6.61 Å². The number of fused-ring (bicyclic) bond motifs is 1. The van der Waals surface area contributed by atoms with E-state index in [2.05, 4.69) is 15.3 Å². The van der Waals surface area contributed by atoms with Gasteiger partial charge in [-0.25, -0.2) is 18.7 Å². The molecule has 0 saturated heterocycles. The van der Waals surface area contributed by atoms with E-state index < -0.39 is 11.6 Å². The molecule has 0 spiro atoms. The summed E-state index contributed by atoms with van der Waals surface area (Å²) in [7, 11) is 0. The van der Waals surface area contributed by atoms with Crippen LogP contribution in [-0.2, 0) is 0 Å². The second kappa shape index (κ2) is 7.65. The van der Waals surface area contributed by atoms with Gasteiger partial charge in [-0.2, -0.15) is 0 Å². The predicted octanol–water partition coefficient (Wildman–Crippen LogP) is 3.72.